The molecule has 2 heterocycles. The minimum Gasteiger partial charge on any atom is -0.477 e. The van der Waals surface area contributed by atoms with Gasteiger partial charge in [-0.2, -0.15) is 0 Å². The Morgan fingerprint density at radius 3 is 2.18 bits per heavy atom. The number of nitrogens with zero attached hydrogens (tertiary/aromatic N) is 1. The lowest BCUT2D eigenvalue weighted by atomic mass is 9.81. The van der Waals surface area contributed by atoms with E-state index in [4.69, 9.17) is 9.47 Å². The van der Waals surface area contributed by atoms with Gasteiger partial charge in [-0.05, 0) is 68.8 Å². The number of aromatic carboxylic acids is 1. The third-order valence-electron chi connectivity index (χ3n) is 7.51. The Balaban J connectivity index is 1.60. The van der Waals surface area contributed by atoms with Crippen molar-refractivity contribution in [1.29, 1.82) is 0 Å². The molecule has 0 spiro atoms. The predicted octanol–water partition coefficient (Wildman–Crippen LogP) is 5.63. The summed E-state index contributed by atoms with van der Waals surface area (Å²) in [5, 5.41) is 10.0. The normalized spacial score (nSPS) is 28.8. The molecule has 0 bridgehead atoms. The van der Waals surface area contributed by atoms with E-state index in [0.29, 0.717) is 29.7 Å². The van der Waals surface area contributed by atoms with Crippen molar-refractivity contribution < 1.29 is 24.2 Å². The highest BCUT2D eigenvalue weighted by molar-refractivity contribution is 7.14. The van der Waals surface area contributed by atoms with E-state index in [-0.39, 0.29) is 35.5 Å². The van der Waals surface area contributed by atoms with Crippen molar-refractivity contribution in [2.24, 2.45) is 11.8 Å². The molecule has 1 aliphatic heterocycles. The first-order valence-electron chi connectivity index (χ1n) is 12.6. The van der Waals surface area contributed by atoms with Gasteiger partial charge in [-0.15, -0.1) is 11.3 Å². The molecular weight excluding hydrogens is 438 g/mol. The number of rotatable bonds is 6. The van der Waals surface area contributed by atoms with Crippen LogP contribution in [0.25, 0.3) is 0 Å². The summed E-state index contributed by atoms with van der Waals surface area (Å²) in [5.41, 5.74) is 0.441. The number of carbonyl (C=O) groups is 2. The molecule has 1 saturated heterocycles. The lowest BCUT2D eigenvalue weighted by molar-refractivity contribution is -0.160. The number of carboxylic acid groups (broad SMARTS) is 1. The number of amides is 1. The van der Waals surface area contributed by atoms with Gasteiger partial charge in [0.1, 0.15) is 11.0 Å². The van der Waals surface area contributed by atoms with Crippen molar-refractivity contribution in [3.63, 3.8) is 0 Å². The van der Waals surface area contributed by atoms with Gasteiger partial charge in [-0.3, -0.25) is 4.79 Å². The van der Waals surface area contributed by atoms with Gasteiger partial charge in [-0.1, -0.05) is 27.7 Å². The highest BCUT2D eigenvalue weighted by atomic mass is 32.1. The SMILES string of the molecule is CC(C)(C)c1cc(N(C(=O)[C@H]2CC[C@H](C)CC2)[C@H]2CC[C@H](OC3COC3)CC2)c(C(=O)O)s1. The van der Waals surface area contributed by atoms with Gasteiger partial charge < -0.3 is 19.5 Å². The summed E-state index contributed by atoms with van der Waals surface area (Å²) < 4.78 is 11.4. The fourth-order valence-electron chi connectivity index (χ4n) is 5.29. The summed E-state index contributed by atoms with van der Waals surface area (Å²) in [6.07, 6.45) is 7.81. The number of anilines is 1. The van der Waals surface area contributed by atoms with Crippen LogP contribution >= 0.6 is 11.3 Å². The molecule has 3 fully saturated rings. The Bertz CT molecular complexity index is 839. The van der Waals surface area contributed by atoms with Crippen LogP contribution in [0.5, 0.6) is 0 Å². The zero-order valence-electron chi connectivity index (χ0n) is 20.5. The molecule has 3 aliphatic rings. The average molecular weight is 478 g/mol. The second-order valence-corrected chi connectivity index (χ2v) is 12.3. The molecule has 1 aromatic rings. The van der Waals surface area contributed by atoms with Crippen LogP contribution in [0, 0.1) is 11.8 Å². The number of hydrogen-bond acceptors (Lipinski definition) is 5. The molecule has 7 heteroatoms. The van der Waals surface area contributed by atoms with E-state index in [2.05, 4.69) is 27.7 Å². The Morgan fingerprint density at radius 1 is 1.03 bits per heavy atom. The molecule has 2 saturated carbocycles. The zero-order chi connectivity index (χ0) is 23.8. The van der Waals surface area contributed by atoms with E-state index < -0.39 is 5.97 Å². The minimum atomic E-state index is -0.942. The number of ether oxygens (including phenoxy) is 2. The van der Waals surface area contributed by atoms with Crippen molar-refractivity contribution >= 4 is 28.9 Å². The molecular formula is C26H39NO5S. The highest BCUT2D eigenvalue weighted by Gasteiger charge is 2.39. The van der Waals surface area contributed by atoms with Crippen molar-refractivity contribution in [2.75, 3.05) is 18.1 Å². The van der Waals surface area contributed by atoms with E-state index in [1.807, 2.05) is 11.0 Å². The van der Waals surface area contributed by atoms with E-state index in [9.17, 15) is 14.7 Å². The van der Waals surface area contributed by atoms with Crippen molar-refractivity contribution in [3.05, 3.63) is 15.8 Å². The third-order valence-corrected chi connectivity index (χ3v) is 9.05. The fraction of sp³-hybridized carbons (Fsp3) is 0.769. The van der Waals surface area contributed by atoms with E-state index in [0.717, 1.165) is 56.2 Å². The second kappa shape index (κ2) is 10.0. The molecule has 1 amide bonds. The molecule has 0 radical (unpaired) electrons. The molecule has 4 rings (SSSR count). The Morgan fingerprint density at radius 2 is 1.67 bits per heavy atom. The fourth-order valence-corrected chi connectivity index (χ4v) is 6.33. The standard InChI is InChI=1S/C26H39NO5S/c1-16-5-7-17(8-6-16)24(28)27(18-9-11-19(12-10-18)32-20-14-31-15-20)21-13-22(26(2,3)4)33-23(21)25(29)30/h13,16-20H,5-12,14-15H2,1-4H3,(H,29,30)/t16-,17-,18-,19-. The lowest BCUT2D eigenvalue weighted by Gasteiger charge is -2.40. The lowest BCUT2D eigenvalue weighted by Crippen LogP contribution is -2.48. The maximum absolute atomic E-state index is 13.9. The van der Waals surface area contributed by atoms with E-state index in [1.54, 1.807) is 0 Å². The van der Waals surface area contributed by atoms with Crippen LogP contribution in [-0.2, 0) is 19.7 Å². The summed E-state index contributed by atoms with van der Waals surface area (Å²) in [6.45, 7) is 9.89. The van der Waals surface area contributed by atoms with Gasteiger partial charge >= 0.3 is 5.97 Å². The van der Waals surface area contributed by atoms with Crippen LogP contribution in [0.4, 0.5) is 5.69 Å². The Labute approximate surface area is 201 Å². The van der Waals surface area contributed by atoms with Crippen LogP contribution in [0.3, 0.4) is 0 Å². The van der Waals surface area contributed by atoms with Crippen molar-refractivity contribution in [3.8, 4) is 0 Å². The van der Waals surface area contributed by atoms with Gasteiger partial charge in [0.2, 0.25) is 5.91 Å². The quantitative estimate of drug-likeness (QED) is 0.575. The van der Waals surface area contributed by atoms with Crippen LogP contribution in [0.2, 0.25) is 0 Å². The molecule has 33 heavy (non-hydrogen) atoms. The minimum absolute atomic E-state index is 0.0121. The van der Waals surface area contributed by atoms with Gasteiger partial charge in [0, 0.05) is 16.8 Å². The van der Waals surface area contributed by atoms with E-state index in [1.165, 1.54) is 11.3 Å². The average Bonchev–Trinajstić information content (AvgIpc) is 3.18. The molecule has 0 atom stereocenters. The highest BCUT2D eigenvalue weighted by Crippen LogP contribution is 2.42. The van der Waals surface area contributed by atoms with Gasteiger partial charge in [-0.25, -0.2) is 4.79 Å². The summed E-state index contributed by atoms with van der Waals surface area (Å²) in [6, 6.07) is 2.00. The maximum atomic E-state index is 13.9. The Hall–Kier alpha value is -1.44. The summed E-state index contributed by atoms with van der Waals surface area (Å²) in [7, 11) is 0. The van der Waals surface area contributed by atoms with Gasteiger partial charge in [0.25, 0.3) is 0 Å². The zero-order valence-corrected chi connectivity index (χ0v) is 21.3. The van der Waals surface area contributed by atoms with Crippen LogP contribution in [0.15, 0.2) is 6.07 Å². The molecule has 0 unspecified atom stereocenters. The van der Waals surface area contributed by atoms with Crippen molar-refractivity contribution in [2.45, 2.75) is 103 Å². The van der Waals surface area contributed by atoms with Crippen molar-refractivity contribution in [1.82, 2.24) is 0 Å². The third kappa shape index (κ3) is 5.63. The molecule has 2 aliphatic carbocycles. The topological polar surface area (TPSA) is 76.1 Å². The largest absolute Gasteiger partial charge is 0.477 e. The molecule has 6 nitrogen and oxygen atoms in total. The number of hydrogen-bond donors (Lipinski definition) is 1. The number of carbonyl (C=O) groups excluding carboxylic acids is 1. The maximum Gasteiger partial charge on any atom is 0.348 e. The number of thiophene rings is 1. The first kappa shape index (κ1) is 24.7. The Kier molecular flexibility index (Phi) is 7.51. The van der Waals surface area contributed by atoms with Gasteiger partial charge in [0.05, 0.1) is 25.0 Å². The molecule has 1 N–H and O–H groups in total. The predicted molar refractivity (Wildman–Crippen MR) is 130 cm³/mol. The van der Waals surface area contributed by atoms with E-state index >= 15 is 0 Å². The summed E-state index contributed by atoms with van der Waals surface area (Å²) >= 11 is 1.32. The molecule has 1 aromatic heterocycles. The summed E-state index contributed by atoms with van der Waals surface area (Å²) in [5.74, 6) is -0.169. The van der Waals surface area contributed by atoms with Crippen LogP contribution in [0.1, 0.15) is 93.6 Å². The molecule has 184 valence electrons. The summed E-state index contributed by atoms with van der Waals surface area (Å²) in [4.78, 5) is 29.4. The first-order chi connectivity index (χ1) is 15.6. The number of carboxylic acids is 1. The van der Waals surface area contributed by atoms with Crippen LogP contribution in [-0.4, -0.2) is 48.4 Å². The first-order valence-corrected chi connectivity index (χ1v) is 13.4. The van der Waals surface area contributed by atoms with Crippen LogP contribution < -0.4 is 4.90 Å². The second-order valence-electron chi connectivity index (χ2n) is 11.3. The molecule has 0 aromatic carbocycles. The monoisotopic (exact) mass is 477 g/mol. The van der Waals surface area contributed by atoms with Gasteiger partial charge in [0.15, 0.2) is 0 Å². The smallest absolute Gasteiger partial charge is 0.348 e.